The number of carbonyl (C=O) groups is 1. The fourth-order valence-corrected chi connectivity index (χ4v) is 4.26. The highest BCUT2D eigenvalue weighted by Gasteiger charge is 2.43. The molecule has 2 aliphatic carbocycles. The summed E-state index contributed by atoms with van der Waals surface area (Å²) in [5, 5.41) is 0. The van der Waals surface area contributed by atoms with Gasteiger partial charge in [0.25, 0.3) is 0 Å². The van der Waals surface area contributed by atoms with Crippen LogP contribution in [0.15, 0.2) is 41.3 Å². The van der Waals surface area contributed by atoms with Crippen molar-refractivity contribution < 1.29 is 9.35 Å². The van der Waals surface area contributed by atoms with Crippen molar-refractivity contribution in [3.05, 3.63) is 53.1 Å². The molecule has 0 bridgehead atoms. The van der Waals surface area contributed by atoms with Gasteiger partial charge in [-0.2, -0.15) is 0 Å². The quantitative estimate of drug-likeness (QED) is 0.839. The molecule has 0 radical (unpaired) electrons. The molecule has 1 fully saturated rings. The van der Waals surface area contributed by atoms with Crippen molar-refractivity contribution in [2.24, 2.45) is 5.73 Å². The zero-order chi connectivity index (χ0) is 17.1. The second-order valence-corrected chi connectivity index (χ2v) is 8.28. The van der Waals surface area contributed by atoms with Crippen LogP contribution in [-0.2, 0) is 11.4 Å². The van der Waals surface area contributed by atoms with E-state index in [1.807, 2.05) is 37.3 Å². The van der Waals surface area contributed by atoms with E-state index in [1.165, 1.54) is 5.56 Å². The van der Waals surface area contributed by atoms with E-state index in [0.29, 0.717) is 10.5 Å². The summed E-state index contributed by atoms with van der Waals surface area (Å²) in [5.41, 5.74) is 10.5. The van der Waals surface area contributed by atoms with E-state index in [1.54, 1.807) is 6.07 Å². The van der Waals surface area contributed by atoms with E-state index in [-0.39, 0.29) is 11.3 Å². The predicted octanol–water partition coefficient (Wildman–Crippen LogP) is 3.02. The molecule has 0 aromatic heterocycles. The van der Waals surface area contributed by atoms with Crippen LogP contribution in [0.4, 0.5) is 0 Å². The summed E-state index contributed by atoms with van der Waals surface area (Å²) in [6.45, 7) is 4.09. The Kier molecular flexibility index (Phi) is 3.58. The van der Waals surface area contributed by atoms with E-state index in [4.69, 9.17) is 5.73 Å². The largest absolute Gasteiger partial charge is 0.593 e. The van der Waals surface area contributed by atoms with Gasteiger partial charge >= 0.3 is 0 Å². The first-order valence-electron chi connectivity index (χ1n) is 8.12. The van der Waals surface area contributed by atoms with Crippen molar-refractivity contribution in [3.8, 4) is 11.1 Å². The van der Waals surface area contributed by atoms with Crippen molar-refractivity contribution in [2.75, 3.05) is 0 Å². The number of rotatable bonds is 4. The Labute approximate surface area is 144 Å². The second-order valence-electron chi connectivity index (χ2n) is 7.07. The van der Waals surface area contributed by atoms with Crippen LogP contribution < -0.4 is 10.5 Å². The van der Waals surface area contributed by atoms with Crippen molar-refractivity contribution in [1.29, 1.82) is 0 Å². The Morgan fingerprint density at radius 3 is 2.46 bits per heavy atom. The minimum Gasteiger partial charge on any atom is -0.593 e. The number of benzene rings is 2. The standard InChI is InChI=1S/C19H20N2O2S/c1-11-3-5-12(6-4-11)14-9-13(24(23)21-19(2)7-8-19)10-15-16(14)17(20)18(15)22/h3-6,9-10,17,21H,7-8,20H2,1-2H3. The number of aryl methyl sites for hydroxylation is 1. The molecule has 2 aromatic rings. The summed E-state index contributed by atoms with van der Waals surface area (Å²) in [6, 6.07) is 11.2. The van der Waals surface area contributed by atoms with E-state index in [2.05, 4.69) is 11.6 Å². The van der Waals surface area contributed by atoms with Gasteiger partial charge in [0.2, 0.25) is 0 Å². The van der Waals surface area contributed by atoms with Crippen molar-refractivity contribution >= 4 is 17.1 Å². The van der Waals surface area contributed by atoms with Crippen LogP contribution in [0, 0.1) is 6.92 Å². The lowest BCUT2D eigenvalue weighted by Crippen LogP contribution is -2.37. The first-order chi connectivity index (χ1) is 11.4. The molecule has 2 aliphatic rings. The Bertz CT molecular complexity index is 828. The Balaban J connectivity index is 1.78. The molecular formula is C19H20N2O2S. The topological polar surface area (TPSA) is 78.2 Å². The molecule has 2 aromatic carbocycles. The summed E-state index contributed by atoms with van der Waals surface area (Å²) < 4.78 is 15.8. The second kappa shape index (κ2) is 5.43. The first-order valence-corrected chi connectivity index (χ1v) is 9.27. The van der Waals surface area contributed by atoms with Crippen LogP contribution >= 0.6 is 0 Å². The van der Waals surface area contributed by atoms with Crippen molar-refractivity contribution in [2.45, 2.75) is 43.2 Å². The van der Waals surface area contributed by atoms with Gasteiger partial charge in [-0.3, -0.25) is 4.79 Å². The third kappa shape index (κ3) is 2.58. The summed E-state index contributed by atoms with van der Waals surface area (Å²) in [7, 11) is 0. The van der Waals surface area contributed by atoms with E-state index in [0.717, 1.165) is 29.5 Å². The molecule has 4 rings (SSSR count). The van der Waals surface area contributed by atoms with Crippen LogP contribution in [0.2, 0.25) is 0 Å². The number of fused-ring (bicyclic) bond motifs is 1. The van der Waals surface area contributed by atoms with E-state index < -0.39 is 17.4 Å². The van der Waals surface area contributed by atoms with Crippen LogP contribution in [0.1, 0.15) is 47.3 Å². The van der Waals surface area contributed by atoms with E-state index in [9.17, 15) is 9.35 Å². The number of nitrogens with two attached hydrogens (primary N) is 1. The number of nitrogens with one attached hydrogen (secondary N) is 1. The molecule has 3 N–H and O–H groups in total. The summed E-state index contributed by atoms with van der Waals surface area (Å²) in [4.78, 5) is 12.8. The maximum Gasteiger partial charge on any atom is 0.184 e. The number of hydrogen-bond acceptors (Lipinski definition) is 4. The summed E-state index contributed by atoms with van der Waals surface area (Å²) in [6.07, 6.45) is 2.05. The molecule has 0 spiro atoms. The van der Waals surface area contributed by atoms with Crippen molar-refractivity contribution in [3.63, 3.8) is 0 Å². The minimum atomic E-state index is -1.33. The lowest BCUT2D eigenvalue weighted by atomic mass is 9.77. The smallest absolute Gasteiger partial charge is 0.184 e. The summed E-state index contributed by atoms with van der Waals surface area (Å²) in [5.74, 6) is -0.0742. The van der Waals surface area contributed by atoms with Gasteiger partial charge in [0, 0.05) is 17.7 Å². The van der Waals surface area contributed by atoms with Crippen LogP contribution in [0.3, 0.4) is 0 Å². The Morgan fingerprint density at radius 1 is 1.21 bits per heavy atom. The van der Waals surface area contributed by atoms with Gasteiger partial charge in [0.15, 0.2) is 10.7 Å². The monoisotopic (exact) mass is 340 g/mol. The van der Waals surface area contributed by atoms with Crippen molar-refractivity contribution in [1.82, 2.24) is 4.72 Å². The zero-order valence-corrected chi connectivity index (χ0v) is 14.6. The molecule has 124 valence electrons. The minimum absolute atomic E-state index is 0.0434. The zero-order valence-electron chi connectivity index (χ0n) is 13.8. The number of ketones is 1. The van der Waals surface area contributed by atoms with Crippen LogP contribution in [-0.4, -0.2) is 15.9 Å². The molecule has 5 heteroatoms. The van der Waals surface area contributed by atoms with Gasteiger partial charge in [-0.05, 0) is 43.4 Å². The van der Waals surface area contributed by atoms with Gasteiger partial charge < -0.3 is 10.3 Å². The highest BCUT2D eigenvalue weighted by molar-refractivity contribution is 7.89. The summed E-state index contributed by atoms with van der Waals surface area (Å²) >= 11 is -1.33. The SMILES string of the molecule is Cc1ccc(-c2cc([S+]([O-])NC3(C)CC3)cc3c2C(N)C3=O)cc1. The predicted molar refractivity (Wildman–Crippen MR) is 95.1 cm³/mol. The lowest BCUT2D eigenvalue weighted by molar-refractivity contribution is 0.0929. The van der Waals surface area contributed by atoms with Gasteiger partial charge in [-0.1, -0.05) is 29.8 Å². The molecular weight excluding hydrogens is 320 g/mol. The molecule has 1 saturated carbocycles. The first kappa shape index (κ1) is 15.8. The Hall–Kier alpha value is -1.66. The molecule has 0 heterocycles. The average Bonchev–Trinajstić information content (AvgIpc) is 3.30. The highest BCUT2D eigenvalue weighted by atomic mass is 32.2. The molecule has 24 heavy (non-hydrogen) atoms. The number of carbonyl (C=O) groups excluding carboxylic acids is 1. The molecule has 0 aliphatic heterocycles. The number of hydrogen-bond donors (Lipinski definition) is 2. The fourth-order valence-electron chi connectivity index (χ4n) is 3.04. The molecule has 2 atom stereocenters. The third-order valence-corrected chi connectivity index (χ3v) is 6.27. The van der Waals surface area contributed by atoms with Gasteiger partial charge in [0.05, 0.1) is 22.9 Å². The molecule has 4 nitrogen and oxygen atoms in total. The molecule has 0 saturated heterocycles. The highest BCUT2D eigenvalue weighted by Crippen LogP contribution is 2.42. The normalized spacial score (nSPS) is 21.8. The molecule has 2 unspecified atom stereocenters. The maximum absolute atomic E-state index is 12.7. The average molecular weight is 340 g/mol. The number of Topliss-reactive ketones (excluding diaryl/α,β-unsaturated/α-hetero) is 1. The van der Waals surface area contributed by atoms with E-state index >= 15 is 0 Å². The lowest BCUT2D eigenvalue weighted by Gasteiger charge is -2.29. The van der Waals surface area contributed by atoms with Crippen LogP contribution in [0.25, 0.3) is 11.1 Å². The molecule has 0 amide bonds. The van der Waals surface area contributed by atoms with Gasteiger partial charge in [-0.15, -0.1) is 4.72 Å². The van der Waals surface area contributed by atoms with Crippen LogP contribution in [0.5, 0.6) is 0 Å². The third-order valence-electron chi connectivity index (χ3n) is 4.93. The van der Waals surface area contributed by atoms with Gasteiger partial charge in [-0.25, -0.2) is 0 Å². The van der Waals surface area contributed by atoms with Gasteiger partial charge in [0.1, 0.15) is 0 Å². The fraction of sp³-hybridized carbons (Fsp3) is 0.316. The Morgan fingerprint density at radius 2 is 1.83 bits per heavy atom. The maximum atomic E-state index is 12.7.